The zero-order valence-electron chi connectivity index (χ0n) is 22.9. The minimum atomic E-state index is -0.507. The standard InChI is InChI=1S/C26H39N7O4/c1-8-35-18(4)33-16-19(14-27-33)20-10-13-32-23(22(20)36-9-2)29-24(30-32)28-21-11-12-31(15-17(21)3)25(34)37-26(5,6)7/h10,13-14,16-18,21H,8-9,11-12,15H2,1-7H3,(H,28,30)/t17-,18?,21+/m1/s1. The van der Waals surface area contributed by atoms with Gasteiger partial charge in [-0.15, -0.1) is 5.10 Å². The molecule has 1 amide bonds. The lowest BCUT2D eigenvalue weighted by Gasteiger charge is -2.37. The second-order valence-electron chi connectivity index (χ2n) is 10.4. The van der Waals surface area contributed by atoms with Crippen LogP contribution in [-0.4, -0.2) is 73.3 Å². The molecule has 0 radical (unpaired) electrons. The molecule has 0 aliphatic carbocycles. The summed E-state index contributed by atoms with van der Waals surface area (Å²) in [4.78, 5) is 19.0. The Labute approximate surface area is 218 Å². The number of piperidine rings is 1. The first-order chi connectivity index (χ1) is 17.6. The average Bonchev–Trinajstić information content (AvgIpc) is 3.47. The predicted octanol–water partition coefficient (Wildman–Crippen LogP) is 4.60. The van der Waals surface area contributed by atoms with Gasteiger partial charge < -0.3 is 24.4 Å². The Hall–Kier alpha value is -3.34. The number of hydrogen-bond acceptors (Lipinski definition) is 8. The molecule has 37 heavy (non-hydrogen) atoms. The smallest absolute Gasteiger partial charge is 0.410 e. The molecule has 1 unspecified atom stereocenters. The minimum absolute atomic E-state index is 0.129. The van der Waals surface area contributed by atoms with E-state index in [1.54, 1.807) is 20.3 Å². The summed E-state index contributed by atoms with van der Waals surface area (Å²) in [5.74, 6) is 1.39. The van der Waals surface area contributed by atoms with Crippen LogP contribution in [0.3, 0.4) is 0 Å². The highest BCUT2D eigenvalue weighted by Gasteiger charge is 2.32. The fourth-order valence-electron chi connectivity index (χ4n) is 4.51. The molecule has 0 bridgehead atoms. The molecule has 3 atom stereocenters. The molecule has 0 aromatic carbocycles. The third-order valence-corrected chi connectivity index (χ3v) is 6.31. The molecule has 3 aromatic rings. The highest BCUT2D eigenvalue weighted by Crippen LogP contribution is 2.34. The summed E-state index contributed by atoms with van der Waals surface area (Å²) in [6.45, 7) is 16.0. The highest BCUT2D eigenvalue weighted by atomic mass is 16.6. The zero-order chi connectivity index (χ0) is 26.7. The summed E-state index contributed by atoms with van der Waals surface area (Å²) in [6, 6.07) is 2.09. The lowest BCUT2D eigenvalue weighted by atomic mass is 9.94. The van der Waals surface area contributed by atoms with Crippen molar-refractivity contribution in [2.45, 2.75) is 72.8 Å². The van der Waals surface area contributed by atoms with Crippen LogP contribution >= 0.6 is 0 Å². The van der Waals surface area contributed by atoms with Crippen LogP contribution in [-0.2, 0) is 9.47 Å². The highest BCUT2D eigenvalue weighted by molar-refractivity contribution is 5.77. The fraction of sp³-hybridized carbons (Fsp3) is 0.615. The molecule has 0 spiro atoms. The number of pyridine rings is 1. The number of carbonyl (C=O) groups excluding carboxylic acids is 1. The van der Waals surface area contributed by atoms with E-state index in [1.165, 1.54) is 0 Å². The maximum absolute atomic E-state index is 12.5. The van der Waals surface area contributed by atoms with E-state index < -0.39 is 5.60 Å². The summed E-state index contributed by atoms with van der Waals surface area (Å²) in [7, 11) is 0. The van der Waals surface area contributed by atoms with Crippen LogP contribution in [0.2, 0.25) is 0 Å². The molecule has 1 fully saturated rings. The van der Waals surface area contributed by atoms with Crippen LogP contribution in [0, 0.1) is 5.92 Å². The molecule has 3 aromatic heterocycles. The number of amides is 1. The van der Waals surface area contributed by atoms with E-state index in [0.717, 1.165) is 17.5 Å². The number of carbonyl (C=O) groups is 1. The average molecular weight is 514 g/mol. The van der Waals surface area contributed by atoms with Crippen LogP contribution in [0.15, 0.2) is 24.7 Å². The number of ether oxygens (including phenoxy) is 3. The van der Waals surface area contributed by atoms with Gasteiger partial charge in [-0.1, -0.05) is 6.92 Å². The van der Waals surface area contributed by atoms with Gasteiger partial charge in [-0.2, -0.15) is 10.1 Å². The molecule has 1 N–H and O–H groups in total. The number of rotatable bonds is 8. The van der Waals surface area contributed by atoms with Crippen molar-refractivity contribution in [3.8, 4) is 16.9 Å². The fourth-order valence-corrected chi connectivity index (χ4v) is 4.51. The van der Waals surface area contributed by atoms with E-state index in [2.05, 4.69) is 22.4 Å². The number of fused-ring (bicyclic) bond motifs is 1. The van der Waals surface area contributed by atoms with Crippen LogP contribution in [0.5, 0.6) is 5.75 Å². The summed E-state index contributed by atoms with van der Waals surface area (Å²) in [5.41, 5.74) is 1.93. The summed E-state index contributed by atoms with van der Waals surface area (Å²) in [6.07, 6.45) is 5.98. The second kappa shape index (κ2) is 11.0. The third-order valence-electron chi connectivity index (χ3n) is 6.31. The van der Waals surface area contributed by atoms with Gasteiger partial charge in [0.2, 0.25) is 5.95 Å². The molecule has 1 aliphatic rings. The predicted molar refractivity (Wildman–Crippen MR) is 141 cm³/mol. The van der Waals surface area contributed by atoms with Crippen LogP contribution in [0.1, 0.15) is 61.1 Å². The van der Waals surface area contributed by atoms with Crippen molar-refractivity contribution < 1.29 is 19.0 Å². The van der Waals surface area contributed by atoms with E-state index in [-0.39, 0.29) is 24.3 Å². The Morgan fingerprint density at radius 1 is 1.27 bits per heavy atom. The topological polar surface area (TPSA) is 108 Å². The first-order valence-electron chi connectivity index (χ1n) is 13.0. The van der Waals surface area contributed by atoms with Gasteiger partial charge in [-0.05, 0) is 59.9 Å². The van der Waals surface area contributed by atoms with Crippen molar-refractivity contribution in [1.29, 1.82) is 0 Å². The molecule has 11 nitrogen and oxygen atoms in total. The normalized spacial score (nSPS) is 19.2. The van der Waals surface area contributed by atoms with Gasteiger partial charge in [0.1, 0.15) is 11.8 Å². The Kier molecular flexibility index (Phi) is 7.91. The number of likely N-dealkylation sites (tertiary alicyclic amines) is 1. The lowest BCUT2D eigenvalue weighted by Crippen LogP contribution is -2.49. The Morgan fingerprint density at radius 3 is 2.73 bits per heavy atom. The maximum atomic E-state index is 12.5. The van der Waals surface area contributed by atoms with Crippen molar-refractivity contribution in [3.05, 3.63) is 24.7 Å². The second-order valence-corrected chi connectivity index (χ2v) is 10.4. The van der Waals surface area contributed by atoms with Gasteiger partial charge in [0, 0.05) is 49.3 Å². The Bertz CT molecular complexity index is 1220. The molecule has 1 aliphatic heterocycles. The third kappa shape index (κ3) is 6.15. The van der Waals surface area contributed by atoms with E-state index >= 15 is 0 Å². The van der Waals surface area contributed by atoms with Gasteiger partial charge in [0.15, 0.2) is 11.4 Å². The van der Waals surface area contributed by atoms with Gasteiger partial charge >= 0.3 is 6.09 Å². The number of hydrogen-bond donors (Lipinski definition) is 1. The first-order valence-corrected chi connectivity index (χ1v) is 13.0. The van der Waals surface area contributed by atoms with Gasteiger partial charge in [0.05, 0.1) is 12.8 Å². The zero-order valence-corrected chi connectivity index (χ0v) is 22.9. The molecule has 1 saturated heterocycles. The molecule has 4 heterocycles. The monoisotopic (exact) mass is 513 g/mol. The SMILES string of the molecule is CCOc1c(-c2cnn(C(C)OCC)c2)ccn2nc(N[C@H]3CCN(C(=O)OC(C)(C)C)C[C@H]3C)nc12. The summed E-state index contributed by atoms with van der Waals surface area (Å²) in [5, 5.41) is 12.6. The quantitative estimate of drug-likeness (QED) is 0.465. The van der Waals surface area contributed by atoms with Crippen LogP contribution in [0.25, 0.3) is 16.8 Å². The molecule has 4 rings (SSSR count). The Morgan fingerprint density at radius 2 is 2.05 bits per heavy atom. The Balaban J connectivity index is 1.52. The van der Waals surface area contributed by atoms with Crippen LogP contribution < -0.4 is 10.1 Å². The first kappa shape index (κ1) is 26.7. The lowest BCUT2D eigenvalue weighted by molar-refractivity contribution is 0.0158. The van der Waals surface area contributed by atoms with Gasteiger partial charge in [-0.25, -0.2) is 14.0 Å². The van der Waals surface area contributed by atoms with Crippen molar-refractivity contribution in [2.24, 2.45) is 5.92 Å². The molecule has 202 valence electrons. The molecular formula is C26H39N7O4. The van der Waals surface area contributed by atoms with Crippen molar-refractivity contribution in [2.75, 3.05) is 31.6 Å². The van der Waals surface area contributed by atoms with E-state index in [4.69, 9.17) is 19.2 Å². The number of nitrogens with zero attached hydrogens (tertiary/aromatic N) is 6. The summed E-state index contributed by atoms with van der Waals surface area (Å²) < 4.78 is 20.8. The number of nitrogens with one attached hydrogen (secondary N) is 1. The van der Waals surface area contributed by atoms with Crippen molar-refractivity contribution in [1.82, 2.24) is 29.3 Å². The molecule has 11 heteroatoms. The van der Waals surface area contributed by atoms with Gasteiger partial charge in [0.25, 0.3) is 0 Å². The number of anilines is 1. The summed E-state index contributed by atoms with van der Waals surface area (Å²) >= 11 is 0. The van der Waals surface area contributed by atoms with Crippen LogP contribution in [0.4, 0.5) is 10.7 Å². The molecular weight excluding hydrogens is 474 g/mol. The van der Waals surface area contributed by atoms with Crippen molar-refractivity contribution >= 4 is 17.7 Å². The van der Waals surface area contributed by atoms with E-state index in [0.29, 0.717) is 43.6 Å². The molecule has 0 saturated carbocycles. The van der Waals surface area contributed by atoms with E-state index in [9.17, 15) is 4.79 Å². The van der Waals surface area contributed by atoms with Gasteiger partial charge in [-0.3, -0.25) is 0 Å². The minimum Gasteiger partial charge on any atom is -0.489 e. The van der Waals surface area contributed by atoms with E-state index in [1.807, 2.05) is 60.0 Å². The van der Waals surface area contributed by atoms with Crippen molar-refractivity contribution in [3.63, 3.8) is 0 Å². The number of aromatic nitrogens is 5. The maximum Gasteiger partial charge on any atom is 0.410 e. The largest absolute Gasteiger partial charge is 0.489 e.